The van der Waals surface area contributed by atoms with Crippen molar-refractivity contribution in [1.82, 2.24) is 14.4 Å². The monoisotopic (exact) mass is 325 g/mol. The van der Waals surface area contributed by atoms with Crippen LogP contribution in [0.25, 0.3) is 0 Å². The Balaban J connectivity index is 1.56. The van der Waals surface area contributed by atoms with Gasteiger partial charge in [0.25, 0.3) is 0 Å². The largest absolute Gasteiger partial charge is 0.357 e. The molecule has 0 saturated carbocycles. The molecule has 24 heavy (non-hydrogen) atoms. The lowest BCUT2D eigenvalue weighted by Gasteiger charge is -2.37. The van der Waals surface area contributed by atoms with E-state index in [1.54, 1.807) is 0 Å². The minimum atomic E-state index is 0.249. The number of amides is 1. The average molecular weight is 325 g/mol. The molecule has 4 heteroatoms. The number of piperidine rings is 1. The lowest BCUT2D eigenvalue weighted by molar-refractivity contribution is -0.132. The van der Waals surface area contributed by atoms with Crippen LogP contribution in [-0.2, 0) is 24.8 Å². The molecule has 1 atom stereocenters. The van der Waals surface area contributed by atoms with Gasteiger partial charge in [0.1, 0.15) is 0 Å². The van der Waals surface area contributed by atoms with Crippen molar-refractivity contribution in [3.63, 3.8) is 0 Å². The van der Waals surface area contributed by atoms with E-state index >= 15 is 0 Å². The van der Waals surface area contributed by atoms with Crippen molar-refractivity contribution in [1.29, 1.82) is 0 Å². The summed E-state index contributed by atoms with van der Waals surface area (Å²) in [7, 11) is 4.16. The Bertz CT molecular complexity index is 665. The van der Waals surface area contributed by atoms with Crippen LogP contribution in [-0.4, -0.2) is 46.5 Å². The van der Waals surface area contributed by atoms with Gasteiger partial charge in [0, 0.05) is 45.1 Å². The first-order valence-electron chi connectivity index (χ1n) is 8.74. The van der Waals surface area contributed by atoms with Gasteiger partial charge in [-0.1, -0.05) is 30.3 Å². The summed E-state index contributed by atoms with van der Waals surface area (Å²) in [5.74, 6) is 0.249. The van der Waals surface area contributed by atoms with Crippen molar-refractivity contribution in [2.45, 2.75) is 31.8 Å². The molecule has 1 amide bonds. The zero-order chi connectivity index (χ0) is 16.9. The van der Waals surface area contributed by atoms with Crippen molar-refractivity contribution in [2.24, 2.45) is 7.05 Å². The van der Waals surface area contributed by atoms with Crippen LogP contribution in [0.1, 0.15) is 24.0 Å². The molecule has 128 valence electrons. The number of nitrogens with zero attached hydrogens (tertiary/aromatic N) is 3. The van der Waals surface area contributed by atoms with Crippen molar-refractivity contribution < 1.29 is 4.79 Å². The predicted molar refractivity (Wildman–Crippen MR) is 96.6 cm³/mol. The van der Waals surface area contributed by atoms with E-state index in [1.165, 1.54) is 12.0 Å². The molecule has 1 aliphatic rings. The van der Waals surface area contributed by atoms with Crippen LogP contribution in [0.15, 0.2) is 48.8 Å². The zero-order valence-corrected chi connectivity index (χ0v) is 14.7. The smallest absolute Gasteiger partial charge is 0.227 e. The molecule has 1 saturated heterocycles. The van der Waals surface area contributed by atoms with Crippen LogP contribution >= 0.6 is 0 Å². The molecule has 4 nitrogen and oxygen atoms in total. The first-order chi connectivity index (χ1) is 11.6. The van der Waals surface area contributed by atoms with Crippen LogP contribution in [0, 0.1) is 0 Å². The summed E-state index contributed by atoms with van der Waals surface area (Å²) in [5, 5.41) is 0. The number of likely N-dealkylation sites (tertiary alicyclic amines) is 1. The van der Waals surface area contributed by atoms with Gasteiger partial charge in [-0.25, -0.2) is 0 Å². The Morgan fingerprint density at radius 2 is 2.00 bits per heavy atom. The summed E-state index contributed by atoms with van der Waals surface area (Å²) in [6, 6.07) is 13.0. The van der Waals surface area contributed by atoms with Gasteiger partial charge >= 0.3 is 0 Å². The molecule has 3 rings (SSSR count). The van der Waals surface area contributed by atoms with Crippen LogP contribution in [0.5, 0.6) is 0 Å². The van der Waals surface area contributed by atoms with E-state index in [9.17, 15) is 4.79 Å². The summed E-state index contributed by atoms with van der Waals surface area (Å²) < 4.78 is 2.00. The van der Waals surface area contributed by atoms with Gasteiger partial charge < -0.3 is 9.47 Å². The Labute approximate surface area is 144 Å². The molecule has 0 N–H and O–H groups in total. The molecule has 1 unspecified atom stereocenters. The predicted octanol–water partition coefficient (Wildman–Crippen LogP) is 2.69. The van der Waals surface area contributed by atoms with E-state index in [-0.39, 0.29) is 5.91 Å². The molecular weight excluding hydrogens is 298 g/mol. The van der Waals surface area contributed by atoms with Crippen molar-refractivity contribution in [2.75, 3.05) is 20.1 Å². The van der Waals surface area contributed by atoms with Gasteiger partial charge in [0.05, 0.1) is 6.42 Å². The third-order valence-electron chi connectivity index (χ3n) is 4.90. The van der Waals surface area contributed by atoms with Gasteiger partial charge in [0.2, 0.25) is 5.91 Å². The van der Waals surface area contributed by atoms with Gasteiger partial charge in [-0.15, -0.1) is 0 Å². The van der Waals surface area contributed by atoms with E-state index in [1.807, 2.05) is 41.0 Å². The number of hydrogen-bond donors (Lipinski definition) is 0. The van der Waals surface area contributed by atoms with Crippen molar-refractivity contribution in [3.8, 4) is 0 Å². The Morgan fingerprint density at radius 1 is 1.21 bits per heavy atom. The number of carbonyl (C=O) groups excluding carboxylic acids is 1. The van der Waals surface area contributed by atoms with Crippen LogP contribution in [0.3, 0.4) is 0 Å². The van der Waals surface area contributed by atoms with E-state index in [0.717, 1.165) is 31.6 Å². The fourth-order valence-electron chi connectivity index (χ4n) is 3.49. The Morgan fingerprint density at radius 3 is 2.71 bits per heavy atom. The maximum absolute atomic E-state index is 12.6. The fourth-order valence-corrected chi connectivity index (χ4v) is 3.49. The molecule has 0 aliphatic carbocycles. The van der Waals surface area contributed by atoms with Crippen LogP contribution in [0.2, 0.25) is 0 Å². The highest BCUT2D eigenvalue weighted by Crippen LogP contribution is 2.18. The average Bonchev–Trinajstić information content (AvgIpc) is 3.00. The summed E-state index contributed by atoms with van der Waals surface area (Å²) in [6.45, 7) is 2.67. The molecule has 1 fully saturated rings. The lowest BCUT2D eigenvalue weighted by atomic mass is 10.0. The second kappa shape index (κ2) is 7.67. The summed E-state index contributed by atoms with van der Waals surface area (Å²) in [4.78, 5) is 17.0. The molecule has 2 aromatic rings. The van der Waals surface area contributed by atoms with Gasteiger partial charge in [-0.05, 0) is 37.1 Å². The summed E-state index contributed by atoms with van der Waals surface area (Å²) >= 11 is 0. The fraction of sp³-hybridized carbons (Fsp3) is 0.450. The highest BCUT2D eigenvalue weighted by Gasteiger charge is 2.26. The molecule has 0 bridgehead atoms. The van der Waals surface area contributed by atoms with Gasteiger partial charge in [-0.2, -0.15) is 0 Å². The second-order valence-corrected chi connectivity index (χ2v) is 6.90. The number of hydrogen-bond acceptors (Lipinski definition) is 2. The molecule has 0 radical (unpaired) electrons. The number of aryl methyl sites for hydroxylation is 1. The van der Waals surface area contributed by atoms with Crippen LogP contribution in [0.4, 0.5) is 0 Å². The third kappa shape index (κ3) is 4.26. The van der Waals surface area contributed by atoms with E-state index in [0.29, 0.717) is 12.5 Å². The summed E-state index contributed by atoms with van der Waals surface area (Å²) in [5.41, 5.74) is 2.43. The number of rotatable bonds is 5. The number of aromatic nitrogens is 1. The molecule has 2 heterocycles. The van der Waals surface area contributed by atoms with E-state index in [2.05, 4.69) is 36.2 Å². The zero-order valence-electron chi connectivity index (χ0n) is 14.7. The second-order valence-electron chi connectivity index (χ2n) is 6.90. The highest BCUT2D eigenvalue weighted by molar-refractivity contribution is 5.78. The van der Waals surface area contributed by atoms with Crippen LogP contribution < -0.4 is 0 Å². The molecule has 1 aromatic carbocycles. The van der Waals surface area contributed by atoms with Gasteiger partial charge in [-0.3, -0.25) is 9.69 Å². The molecule has 0 spiro atoms. The first kappa shape index (κ1) is 16.8. The maximum Gasteiger partial charge on any atom is 0.227 e. The SMILES string of the molecule is CN(Cc1ccccc1)C1CCCN(C(=O)Cc2ccn(C)c2)C1. The maximum atomic E-state index is 12.6. The Kier molecular flexibility index (Phi) is 5.36. The molecule has 1 aromatic heterocycles. The third-order valence-corrected chi connectivity index (χ3v) is 4.90. The van der Waals surface area contributed by atoms with Gasteiger partial charge in [0.15, 0.2) is 0 Å². The standard InChI is InChI=1S/C20H27N3O/c1-21-12-10-18(14-21)13-20(24)23-11-6-9-19(16-23)22(2)15-17-7-4-3-5-8-17/h3-5,7-8,10,12,14,19H,6,9,11,13,15-16H2,1-2H3. The van der Waals surface area contributed by atoms with Crippen molar-refractivity contribution in [3.05, 3.63) is 59.9 Å². The summed E-state index contributed by atoms with van der Waals surface area (Å²) in [6.07, 6.45) is 6.79. The minimum Gasteiger partial charge on any atom is -0.357 e. The molecule has 1 aliphatic heterocycles. The number of benzene rings is 1. The molecular formula is C20H27N3O. The van der Waals surface area contributed by atoms with Crippen molar-refractivity contribution >= 4 is 5.91 Å². The Hall–Kier alpha value is -2.07. The first-order valence-corrected chi connectivity index (χ1v) is 8.74. The number of carbonyl (C=O) groups is 1. The van der Waals surface area contributed by atoms with E-state index in [4.69, 9.17) is 0 Å². The van der Waals surface area contributed by atoms with E-state index < -0.39 is 0 Å². The topological polar surface area (TPSA) is 28.5 Å². The quantitative estimate of drug-likeness (QED) is 0.845. The highest BCUT2D eigenvalue weighted by atomic mass is 16.2. The normalized spacial score (nSPS) is 18.1. The number of likely N-dealkylation sites (N-methyl/N-ethyl adjacent to an activating group) is 1. The minimum absolute atomic E-state index is 0.249. The lowest BCUT2D eigenvalue weighted by Crippen LogP contribution is -2.48.